The van der Waals surface area contributed by atoms with Crippen LogP contribution in [0.3, 0.4) is 0 Å². The van der Waals surface area contributed by atoms with Crippen LogP contribution in [0.5, 0.6) is 11.5 Å². The highest BCUT2D eigenvalue weighted by Gasteiger charge is 2.09. The molecule has 2 heterocycles. The van der Waals surface area contributed by atoms with Crippen LogP contribution in [0.2, 0.25) is 0 Å². The summed E-state index contributed by atoms with van der Waals surface area (Å²) in [6.07, 6.45) is 4.32. The van der Waals surface area contributed by atoms with Crippen LogP contribution < -0.4 is 10.5 Å². The van der Waals surface area contributed by atoms with Crippen LogP contribution in [-0.2, 0) is 6.42 Å². The highest BCUT2D eigenvalue weighted by Crippen LogP contribution is 2.33. The molecule has 0 saturated carbocycles. The standard InChI is InChI=1S/C17H17N3O/c1-3-15-17(6-4-11(2)20-15)21-16-7-5-14(18)13-10-19-9-8-12(13)16/h4-10H,3,18H2,1-2H3. The predicted molar refractivity (Wildman–Crippen MR) is 84.6 cm³/mol. The minimum atomic E-state index is 0.697. The molecule has 2 aromatic heterocycles. The van der Waals surface area contributed by atoms with Crippen molar-refractivity contribution in [2.45, 2.75) is 20.3 Å². The Bertz CT molecular complexity index is 799. The lowest BCUT2D eigenvalue weighted by molar-refractivity contribution is 0.478. The Kier molecular flexibility index (Phi) is 3.44. The molecule has 3 rings (SSSR count). The van der Waals surface area contributed by atoms with Crippen molar-refractivity contribution >= 4 is 16.5 Å². The lowest BCUT2D eigenvalue weighted by Crippen LogP contribution is -1.97. The maximum absolute atomic E-state index is 6.08. The second-order valence-corrected chi connectivity index (χ2v) is 4.93. The number of aromatic nitrogens is 2. The zero-order valence-corrected chi connectivity index (χ0v) is 12.1. The lowest BCUT2D eigenvalue weighted by Gasteiger charge is -2.13. The Labute approximate surface area is 123 Å². The lowest BCUT2D eigenvalue weighted by atomic mass is 10.1. The van der Waals surface area contributed by atoms with E-state index in [2.05, 4.69) is 16.9 Å². The average molecular weight is 279 g/mol. The molecule has 21 heavy (non-hydrogen) atoms. The number of aryl methyl sites for hydroxylation is 2. The molecule has 4 nitrogen and oxygen atoms in total. The largest absolute Gasteiger partial charge is 0.455 e. The van der Waals surface area contributed by atoms with E-state index in [1.165, 1.54) is 0 Å². The third-order valence-corrected chi connectivity index (χ3v) is 3.44. The van der Waals surface area contributed by atoms with E-state index in [1.807, 2.05) is 37.3 Å². The Hall–Kier alpha value is -2.62. The van der Waals surface area contributed by atoms with Crippen LogP contribution in [-0.4, -0.2) is 9.97 Å². The van der Waals surface area contributed by atoms with Crippen molar-refractivity contribution in [1.29, 1.82) is 0 Å². The van der Waals surface area contributed by atoms with Crippen molar-refractivity contribution in [1.82, 2.24) is 9.97 Å². The summed E-state index contributed by atoms with van der Waals surface area (Å²) in [6, 6.07) is 9.55. The second kappa shape index (κ2) is 5.40. The van der Waals surface area contributed by atoms with Crippen molar-refractivity contribution < 1.29 is 4.74 Å². The van der Waals surface area contributed by atoms with Crippen LogP contribution >= 0.6 is 0 Å². The second-order valence-electron chi connectivity index (χ2n) is 4.93. The molecule has 0 aliphatic rings. The zero-order chi connectivity index (χ0) is 14.8. The van der Waals surface area contributed by atoms with Crippen molar-refractivity contribution in [3.63, 3.8) is 0 Å². The first-order valence-electron chi connectivity index (χ1n) is 6.95. The molecule has 3 aromatic rings. The van der Waals surface area contributed by atoms with Crippen LogP contribution in [0.25, 0.3) is 10.8 Å². The number of nitrogens with two attached hydrogens (primary N) is 1. The maximum atomic E-state index is 6.08. The van der Waals surface area contributed by atoms with E-state index in [0.717, 1.165) is 40.1 Å². The molecule has 106 valence electrons. The highest BCUT2D eigenvalue weighted by atomic mass is 16.5. The summed E-state index contributed by atoms with van der Waals surface area (Å²) < 4.78 is 6.08. The highest BCUT2D eigenvalue weighted by molar-refractivity contribution is 5.96. The van der Waals surface area contributed by atoms with Gasteiger partial charge in [-0.1, -0.05) is 6.92 Å². The van der Waals surface area contributed by atoms with Gasteiger partial charge in [0.05, 0.1) is 5.69 Å². The summed E-state index contributed by atoms with van der Waals surface area (Å²) in [6.45, 7) is 4.05. The summed E-state index contributed by atoms with van der Waals surface area (Å²) in [5, 5.41) is 1.85. The van der Waals surface area contributed by atoms with Crippen molar-refractivity contribution in [3.8, 4) is 11.5 Å². The van der Waals surface area contributed by atoms with Gasteiger partial charge >= 0.3 is 0 Å². The van der Waals surface area contributed by atoms with Crippen molar-refractivity contribution in [3.05, 3.63) is 54.1 Å². The molecule has 2 N–H and O–H groups in total. The fourth-order valence-electron chi connectivity index (χ4n) is 2.34. The van der Waals surface area contributed by atoms with Gasteiger partial charge in [-0.3, -0.25) is 9.97 Å². The SMILES string of the molecule is CCc1nc(C)ccc1Oc1ccc(N)c2cnccc12. The number of ether oxygens (including phenoxy) is 1. The monoisotopic (exact) mass is 279 g/mol. The smallest absolute Gasteiger partial charge is 0.148 e. The summed E-state index contributed by atoms with van der Waals surface area (Å²) in [5.41, 5.74) is 8.63. The molecule has 0 aliphatic carbocycles. The van der Waals surface area contributed by atoms with E-state index in [0.29, 0.717) is 5.69 Å². The molecule has 0 bridgehead atoms. The van der Waals surface area contributed by atoms with Gasteiger partial charge in [-0.15, -0.1) is 0 Å². The van der Waals surface area contributed by atoms with Crippen molar-refractivity contribution in [2.24, 2.45) is 0 Å². The number of benzene rings is 1. The van der Waals surface area contributed by atoms with E-state index >= 15 is 0 Å². The van der Waals surface area contributed by atoms with E-state index in [1.54, 1.807) is 12.4 Å². The topological polar surface area (TPSA) is 61.0 Å². The van der Waals surface area contributed by atoms with Gasteiger partial charge in [-0.2, -0.15) is 0 Å². The van der Waals surface area contributed by atoms with E-state index in [4.69, 9.17) is 10.5 Å². The number of anilines is 1. The molecule has 1 aromatic carbocycles. The number of hydrogen-bond donors (Lipinski definition) is 1. The molecular formula is C17H17N3O. The van der Waals surface area contributed by atoms with Gasteiger partial charge < -0.3 is 10.5 Å². The van der Waals surface area contributed by atoms with E-state index in [9.17, 15) is 0 Å². The Balaban J connectivity index is 2.09. The Morgan fingerprint density at radius 2 is 1.86 bits per heavy atom. The van der Waals surface area contributed by atoms with Gasteiger partial charge in [0.15, 0.2) is 0 Å². The summed E-state index contributed by atoms with van der Waals surface area (Å²) in [4.78, 5) is 8.64. The van der Waals surface area contributed by atoms with Crippen LogP contribution in [0.4, 0.5) is 5.69 Å². The zero-order valence-electron chi connectivity index (χ0n) is 12.1. The molecule has 0 saturated heterocycles. The van der Waals surface area contributed by atoms with Crippen LogP contribution in [0, 0.1) is 6.92 Å². The number of pyridine rings is 2. The minimum Gasteiger partial charge on any atom is -0.455 e. The number of fused-ring (bicyclic) bond motifs is 1. The van der Waals surface area contributed by atoms with Crippen molar-refractivity contribution in [2.75, 3.05) is 5.73 Å². The fourth-order valence-corrected chi connectivity index (χ4v) is 2.34. The number of rotatable bonds is 3. The predicted octanol–water partition coefficient (Wildman–Crippen LogP) is 3.88. The number of hydrogen-bond acceptors (Lipinski definition) is 4. The molecule has 0 atom stereocenters. The first kappa shape index (κ1) is 13.4. The van der Waals surface area contributed by atoms with E-state index < -0.39 is 0 Å². The molecule has 0 amide bonds. The minimum absolute atomic E-state index is 0.697. The average Bonchev–Trinajstić information content (AvgIpc) is 2.52. The molecular weight excluding hydrogens is 262 g/mol. The third kappa shape index (κ3) is 2.52. The number of nitrogens with zero attached hydrogens (tertiary/aromatic N) is 2. The molecule has 4 heteroatoms. The van der Waals surface area contributed by atoms with Gasteiger partial charge in [0.25, 0.3) is 0 Å². The summed E-state index contributed by atoms with van der Waals surface area (Å²) >= 11 is 0. The molecule has 0 spiro atoms. The summed E-state index contributed by atoms with van der Waals surface area (Å²) in [7, 11) is 0. The normalized spacial score (nSPS) is 10.8. The van der Waals surface area contributed by atoms with Crippen LogP contribution in [0.1, 0.15) is 18.3 Å². The quantitative estimate of drug-likeness (QED) is 0.739. The first-order valence-corrected chi connectivity index (χ1v) is 6.95. The van der Waals surface area contributed by atoms with Gasteiger partial charge in [0.1, 0.15) is 11.5 Å². The maximum Gasteiger partial charge on any atom is 0.148 e. The first-order chi connectivity index (χ1) is 10.2. The van der Waals surface area contributed by atoms with Gasteiger partial charge in [-0.25, -0.2) is 0 Å². The Morgan fingerprint density at radius 3 is 2.67 bits per heavy atom. The van der Waals surface area contributed by atoms with Gasteiger partial charge in [-0.05, 0) is 43.7 Å². The van der Waals surface area contributed by atoms with Gasteiger partial charge in [0, 0.05) is 34.5 Å². The third-order valence-electron chi connectivity index (χ3n) is 3.44. The molecule has 0 fully saturated rings. The summed E-state index contributed by atoms with van der Waals surface area (Å²) in [5.74, 6) is 1.55. The Morgan fingerprint density at radius 1 is 1.05 bits per heavy atom. The molecule has 0 unspecified atom stereocenters. The van der Waals surface area contributed by atoms with E-state index in [-0.39, 0.29) is 0 Å². The number of nitrogen functional groups attached to an aromatic ring is 1. The molecule has 0 radical (unpaired) electrons. The molecule has 0 aliphatic heterocycles. The fraction of sp³-hybridized carbons (Fsp3) is 0.176. The van der Waals surface area contributed by atoms with Gasteiger partial charge in [0.2, 0.25) is 0 Å². The van der Waals surface area contributed by atoms with Crippen LogP contribution in [0.15, 0.2) is 42.7 Å².